The van der Waals surface area contributed by atoms with Crippen LogP contribution < -0.4 is 5.32 Å². The zero-order valence-electron chi connectivity index (χ0n) is 15.1. The second kappa shape index (κ2) is 7.22. The molecular weight excluding hydrogens is 397 g/mol. The Balaban J connectivity index is 1.75. The van der Waals surface area contributed by atoms with Crippen molar-refractivity contribution < 1.29 is 4.79 Å². The molecular formula is C20H15Cl2N5O. The third-order valence-corrected chi connectivity index (χ3v) is 4.86. The van der Waals surface area contributed by atoms with Crippen LogP contribution >= 0.6 is 23.2 Å². The molecule has 0 unspecified atom stereocenters. The van der Waals surface area contributed by atoms with Crippen molar-refractivity contribution >= 4 is 40.4 Å². The topological polar surface area (TPSA) is 72.2 Å². The summed E-state index contributed by atoms with van der Waals surface area (Å²) < 4.78 is 1.63. The third-order valence-electron chi connectivity index (χ3n) is 4.37. The molecule has 0 spiro atoms. The lowest BCUT2D eigenvalue weighted by Crippen LogP contribution is -2.18. The van der Waals surface area contributed by atoms with Crippen LogP contribution in [0.25, 0.3) is 16.8 Å². The van der Waals surface area contributed by atoms with Crippen LogP contribution in [0.5, 0.6) is 0 Å². The molecule has 2 aromatic carbocycles. The van der Waals surface area contributed by atoms with Crippen LogP contribution in [0, 0.1) is 13.8 Å². The molecule has 0 aliphatic heterocycles. The number of nitrogens with one attached hydrogen (secondary N) is 1. The molecule has 0 saturated carbocycles. The van der Waals surface area contributed by atoms with Gasteiger partial charge in [-0.25, -0.2) is 4.52 Å². The van der Waals surface area contributed by atoms with Crippen molar-refractivity contribution in [3.05, 3.63) is 75.7 Å². The van der Waals surface area contributed by atoms with Gasteiger partial charge in [-0.15, -0.1) is 10.2 Å². The summed E-state index contributed by atoms with van der Waals surface area (Å²) in [6, 6.07) is 14.3. The van der Waals surface area contributed by atoms with Gasteiger partial charge < -0.3 is 5.32 Å². The van der Waals surface area contributed by atoms with Crippen LogP contribution in [0.1, 0.15) is 21.9 Å². The number of rotatable bonds is 3. The first-order chi connectivity index (χ1) is 13.4. The minimum Gasteiger partial charge on any atom is -0.321 e. The van der Waals surface area contributed by atoms with E-state index in [1.165, 1.54) is 0 Å². The van der Waals surface area contributed by atoms with Crippen molar-refractivity contribution in [3.63, 3.8) is 0 Å². The van der Waals surface area contributed by atoms with E-state index in [2.05, 4.69) is 20.6 Å². The van der Waals surface area contributed by atoms with E-state index in [0.717, 1.165) is 16.8 Å². The molecule has 6 nitrogen and oxygen atoms in total. The molecule has 2 heterocycles. The highest BCUT2D eigenvalue weighted by atomic mass is 35.5. The molecule has 28 heavy (non-hydrogen) atoms. The van der Waals surface area contributed by atoms with Crippen molar-refractivity contribution in [1.82, 2.24) is 19.8 Å². The lowest BCUT2D eigenvalue weighted by atomic mass is 10.1. The van der Waals surface area contributed by atoms with Crippen LogP contribution in [0.3, 0.4) is 0 Å². The number of amides is 1. The average molecular weight is 412 g/mol. The van der Waals surface area contributed by atoms with Crippen molar-refractivity contribution in [1.29, 1.82) is 0 Å². The predicted molar refractivity (Wildman–Crippen MR) is 110 cm³/mol. The van der Waals surface area contributed by atoms with Gasteiger partial charge in [-0.3, -0.25) is 4.79 Å². The molecule has 4 rings (SSSR count). The van der Waals surface area contributed by atoms with E-state index >= 15 is 0 Å². The second-order valence-corrected chi connectivity index (χ2v) is 7.17. The van der Waals surface area contributed by atoms with E-state index in [9.17, 15) is 4.79 Å². The highest BCUT2D eigenvalue weighted by Gasteiger charge is 2.20. The van der Waals surface area contributed by atoms with Gasteiger partial charge in [0, 0.05) is 15.7 Å². The number of nitrogens with zero attached hydrogens (tertiary/aromatic N) is 4. The van der Waals surface area contributed by atoms with Gasteiger partial charge in [-0.2, -0.15) is 5.10 Å². The summed E-state index contributed by atoms with van der Waals surface area (Å²) in [5.74, 6) is -0.369. The zero-order valence-corrected chi connectivity index (χ0v) is 16.6. The van der Waals surface area contributed by atoms with Crippen LogP contribution in [0.2, 0.25) is 10.0 Å². The summed E-state index contributed by atoms with van der Waals surface area (Å²) in [5, 5.41) is 17.0. The number of benzene rings is 2. The number of fused-ring (bicyclic) bond motifs is 1. The first-order valence-corrected chi connectivity index (χ1v) is 9.25. The van der Waals surface area contributed by atoms with Gasteiger partial charge in [-0.1, -0.05) is 35.3 Å². The summed E-state index contributed by atoms with van der Waals surface area (Å²) >= 11 is 12.0. The Morgan fingerprint density at radius 3 is 2.46 bits per heavy atom. The third kappa shape index (κ3) is 3.32. The molecule has 1 amide bonds. The van der Waals surface area contributed by atoms with Crippen molar-refractivity contribution in [2.24, 2.45) is 0 Å². The van der Waals surface area contributed by atoms with Crippen LogP contribution in [-0.4, -0.2) is 25.7 Å². The Morgan fingerprint density at radius 2 is 1.75 bits per heavy atom. The van der Waals surface area contributed by atoms with Gasteiger partial charge >= 0.3 is 0 Å². The van der Waals surface area contributed by atoms with E-state index in [-0.39, 0.29) is 11.6 Å². The average Bonchev–Trinajstić information content (AvgIpc) is 3.01. The Hall–Kier alpha value is -2.96. The number of aryl methyl sites for hydroxylation is 2. The van der Waals surface area contributed by atoms with E-state index in [4.69, 9.17) is 23.2 Å². The lowest BCUT2D eigenvalue weighted by Gasteiger charge is -2.08. The number of halogens is 2. The quantitative estimate of drug-likeness (QED) is 0.516. The first-order valence-electron chi connectivity index (χ1n) is 8.49. The minimum absolute atomic E-state index is 0.197. The molecule has 4 aromatic rings. The number of anilines is 1. The summed E-state index contributed by atoms with van der Waals surface area (Å²) in [6.45, 7) is 3.67. The Labute approximate surface area is 171 Å². The van der Waals surface area contributed by atoms with Crippen molar-refractivity contribution in [2.45, 2.75) is 13.8 Å². The summed E-state index contributed by atoms with van der Waals surface area (Å²) in [6.07, 6.45) is 0. The maximum atomic E-state index is 12.7. The van der Waals surface area contributed by atoms with Gasteiger partial charge in [0.25, 0.3) is 5.91 Å². The number of hydrogen-bond acceptors (Lipinski definition) is 4. The lowest BCUT2D eigenvalue weighted by molar-refractivity contribution is 0.102. The molecule has 1 N–H and O–H groups in total. The van der Waals surface area contributed by atoms with Crippen LogP contribution in [0.4, 0.5) is 5.69 Å². The van der Waals surface area contributed by atoms with Crippen LogP contribution in [-0.2, 0) is 0 Å². The molecule has 0 aliphatic rings. The Morgan fingerprint density at radius 1 is 1.00 bits per heavy atom. The largest absolute Gasteiger partial charge is 0.321 e. The van der Waals surface area contributed by atoms with E-state index in [0.29, 0.717) is 27.1 Å². The highest BCUT2D eigenvalue weighted by Crippen LogP contribution is 2.29. The summed E-state index contributed by atoms with van der Waals surface area (Å²) in [4.78, 5) is 12.7. The normalized spacial score (nSPS) is 11.0. The predicted octanol–water partition coefficient (Wildman–Crippen LogP) is 4.97. The fraction of sp³-hybridized carbons (Fsp3) is 0.100. The Kier molecular flexibility index (Phi) is 4.75. The second-order valence-electron chi connectivity index (χ2n) is 6.30. The highest BCUT2D eigenvalue weighted by molar-refractivity contribution is 6.31. The molecule has 0 aliphatic carbocycles. The Bertz CT molecular complexity index is 1200. The zero-order chi connectivity index (χ0) is 19.8. The van der Waals surface area contributed by atoms with Gasteiger partial charge in [0.1, 0.15) is 0 Å². The monoisotopic (exact) mass is 411 g/mol. The van der Waals surface area contributed by atoms with E-state index in [1.807, 2.05) is 31.2 Å². The number of carbonyl (C=O) groups is 1. The van der Waals surface area contributed by atoms with E-state index < -0.39 is 0 Å². The summed E-state index contributed by atoms with van der Waals surface area (Å²) in [5.41, 5.74) is 4.48. The molecule has 0 bridgehead atoms. The van der Waals surface area contributed by atoms with Gasteiger partial charge in [0.15, 0.2) is 11.3 Å². The number of hydrogen-bond donors (Lipinski definition) is 1. The molecule has 8 heteroatoms. The van der Waals surface area contributed by atoms with E-state index in [1.54, 1.807) is 35.7 Å². The minimum atomic E-state index is -0.369. The van der Waals surface area contributed by atoms with Crippen LogP contribution in [0.15, 0.2) is 48.5 Å². The fourth-order valence-electron chi connectivity index (χ4n) is 3.03. The molecule has 0 atom stereocenters. The molecule has 140 valence electrons. The van der Waals surface area contributed by atoms with Crippen molar-refractivity contribution in [2.75, 3.05) is 5.32 Å². The number of aromatic nitrogens is 4. The standard InChI is InChI=1S/C20H15Cl2N5O/c1-11-17(13-4-3-5-15(22)10-13)19-25-24-18(12(2)27(19)26-11)20(28)23-16-8-6-14(21)7-9-16/h3-10H,1-2H3,(H,23,28). The van der Waals surface area contributed by atoms with Gasteiger partial charge in [-0.05, 0) is 55.8 Å². The molecule has 0 fully saturated rings. The summed E-state index contributed by atoms with van der Waals surface area (Å²) in [7, 11) is 0. The molecule has 0 saturated heterocycles. The number of carbonyl (C=O) groups excluding carboxylic acids is 1. The SMILES string of the molecule is Cc1nn2c(C)c(C(=O)Nc3ccc(Cl)cc3)nnc2c1-c1cccc(Cl)c1. The molecule has 2 aromatic heterocycles. The van der Waals surface area contributed by atoms with Gasteiger partial charge in [0.05, 0.1) is 17.0 Å². The first kappa shape index (κ1) is 18.4. The smallest absolute Gasteiger partial charge is 0.278 e. The maximum Gasteiger partial charge on any atom is 0.278 e. The van der Waals surface area contributed by atoms with Gasteiger partial charge in [0.2, 0.25) is 0 Å². The fourth-order valence-corrected chi connectivity index (χ4v) is 3.34. The van der Waals surface area contributed by atoms with Crippen molar-refractivity contribution in [3.8, 4) is 11.1 Å². The maximum absolute atomic E-state index is 12.7. The molecule has 0 radical (unpaired) electrons.